The highest BCUT2D eigenvalue weighted by Gasteiger charge is 2.30. The van der Waals surface area contributed by atoms with E-state index in [2.05, 4.69) is 12.2 Å². The lowest BCUT2D eigenvalue weighted by atomic mass is 9.86. The molecular weight excluding hydrogens is 376 g/mol. The van der Waals surface area contributed by atoms with Crippen LogP contribution < -0.4 is 5.32 Å². The first-order valence-electron chi connectivity index (χ1n) is 9.08. The number of morpholine rings is 1. The lowest BCUT2D eigenvalue weighted by Crippen LogP contribution is -2.41. The highest BCUT2D eigenvalue weighted by Crippen LogP contribution is 2.27. The molecule has 144 valence electrons. The van der Waals surface area contributed by atoms with Crippen molar-refractivity contribution in [2.75, 3.05) is 26.3 Å². The lowest BCUT2D eigenvalue weighted by Gasteiger charge is -2.29. The zero-order valence-electron chi connectivity index (χ0n) is 14.9. The molecule has 26 heavy (non-hydrogen) atoms. The van der Waals surface area contributed by atoms with E-state index >= 15 is 0 Å². The molecule has 0 radical (unpaired) electrons. The molecule has 3 rings (SSSR count). The minimum atomic E-state index is -3.75. The fraction of sp³-hybridized carbons (Fsp3) is 0.611. The van der Waals surface area contributed by atoms with Crippen molar-refractivity contribution in [2.45, 2.75) is 43.5 Å². The van der Waals surface area contributed by atoms with Gasteiger partial charge in [-0.15, -0.1) is 0 Å². The summed E-state index contributed by atoms with van der Waals surface area (Å²) < 4.78 is 32.3. The Balaban J connectivity index is 1.81. The number of nitrogens with zero attached hydrogens (tertiary/aromatic N) is 1. The minimum absolute atomic E-state index is 0.0228. The Morgan fingerprint density at radius 2 is 1.92 bits per heavy atom. The van der Waals surface area contributed by atoms with Gasteiger partial charge in [0.25, 0.3) is 5.91 Å². The molecule has 1 heterocycles. The Labute approximate surface area is 159 Å². The second-order valence-corrected chi connectivity index (χ2v) is 9.32. The van der Waals surface area contributed by atoms with Gasteiger partial charge in [0, 0.05) is 24.7 Å². The Bertz CT molecular complexity index is 762. The molecule has 2 fully saturated rings. The van der Waals surface area contributed by atoms with Crippen LogP contribution in [0.4, 0.5) is 0 Å². The summed E-state index contributed by atoms with van der Waals surface area (Å²) in [4.78, 5) is 12.6. The predicted molar refractivity (Wildman–Crippen MR) is 99.9 cm³/mol. The van der Waals surface area contributed by atoms with Crippen LogP contribution in [-0.2, 0) is 14.8 Å². The van der Waals surface area contributed by atoms with Crippen molar-refractivity contribution >= 4 is 27.5 Å². The largest absolute Gasteiger partial charge is 0.379 e. The first kappa shape index (κ1) is 19.6. The molecule has 0 spiro atoms. The molecule has 0 unspecified atom stereocenters. The summed E-state index contributed by atoms with van der Waals surface area (Å²) in [7, 11) is -3.75. The number of hydrogen-bond donors (Lipinski definition) is 1. The van der Waals surface area contributed by atoms with Gasteiger partial charge in [-0.05, 0) is 37.0 Å². The fourth-order valence-corrected chi connectivity index (χ4v) is 5.46. The van der Waals surface area contributed by atoms with Crippen LogP contribution in [0.3, 0.4) is 0 Å². The molecule has 8 heteroatoms. The van der Waals surface area contributed by atoms with Crippen molar-refractivity contribution in [1.82, 2.24) is 9.62 Å². The molecule has 1 aliphatic heterocycles. The number of amides is 1. The van der Waals surface area contributed by atoms with Crippen molar-refractivity contribution < 1.29 is 17.9 Å². The molecule has 1 aromatic carbocycles. The minimum Gasteiger partial charge on any atom is -0.379 e. The highest BCUT2D eigenvalue weighted by molar-refractivity contribution is 7.89. The first-order valence-corrected chi connectivity index (χ1v) is 10.9. The van der Waals surface area contributed by atoms with E-state index < -0.39 is 10.0 Å². The van der Waals surface area contributed by atoms with Crippen molar-refractivity contribution in [3.63, 3.8) is 0 Å². The summed E-state index contributed by atoms with van der Waals surface area (Å²) in [6.07, 6.45) is 4.35. The average molecular weight is 401 g/mol. The summed E-state index contributed by atoms with van der Waals surface area (Å²) in [6.45, 7) is 3.43. The summed E-state index contributed by atoms with van der Waals surface area (Å²) >= 11 is 6.15. The Morgan fingerprint density at radius 1 is 1.23 bits per heavy atom. The van der Waals surface area contributed by atoms with Gasteiger partial charge in [0.1, 0.15) is 4.90 Å². The van der Waals surface area contributed by atoms with E-state index in [9.17, 15) is 13.2 Å². The quantitative estimate of drug-likeness (QED) is 0.843. The number of benzene rings is 1. The maximum absolute atomic E-state index is 12.9. The van der Waals surface area contributed by atoms with Crippen LogP contribution in [0.25, 0.3) is 0 Å². The van der Waals surface area contributed by atoms with Crippen LogP contribution in [0.2, 0.25) is 5.02 Å². The number of halogens is 1. The molecule has 0 bridgehead atoms. The molecule has 2 atom stereocenters. The van der Waals surface area contributed by atoms with Gasteiger partial charge in [0.15, 0.2) is 0 Å². The Hall–Kier alpha value is -1.15. The maximum Gasteiger partial charge on any atom is 0.251 e. The monoisotopic (exact) mass is 400 g/mol. The van der Waals surface area contributed by atoms with E-state index in [1.165, 1.54) is 22.9 Å². The second kappa shape index (κ2) is 8.25. The van der Waals surface area contributed by atoms with E-state index in [4.69, 9.17) is 16.3 Å². The summed E-state index contributed by atoms with van der Waals surface area (Å²) in [5, 5.41) is 3.18. The molecule has 1 saturated carbocycles. The normalized spacial score (nSPS) is 25.0. The van der Waals surface area contributed by atoms with Crippen LogP contribution >= 0.6 is 11.6 Å². The first-order chi connectivity index (χ1) is 12.4. The van der Waals surface area contributed by atoms with Gasteiger partial charge in [-0.3, -0.25) is 4.79 Å². The summed E-state index contributed by atoms with van der Waals surface area (Å²) in [6, 6.07) is 4.57. The zero-order chi connectivity index (χ0) is 18.7. The molecule has 0 aromatic heterocycles. The molecule has 6 nitrogen and oxygen atoms in total. The van der Waals surface area contributed by atoms with Gasteiger partial charge in [-0.1, -0.05) is 31.4 Å². The summed E-state index contributed by atoms with van der Waals surface area (Å²) in [5.74, 6) is 0.176. The van der Waals surface area contributed by atoms with Gasteiger partial charge < -0.3 is 10.1 Å². The van der Waals surface area contributed by atoms with Gasteiger partial charge >= 0.3 is 0 Å². The SMILES string of the molecule is C[C@@H]1CCCC[C@H]1NC(=O)c1ccc(Cl)c(S(=O)(=O)N2CCOCC2)c1. The van der Waals surface area contributed by atoms with Crippen LogP contribution in [0.15, 0.2) is 23.1 Å². The number of carbonyl (C=O) groups excluding carboxylic acids is 1. The maximum atomic E-state index is 12.9. The third-order valence-electron chi connectivity index (χ3n) is 5.21. The predicted octanol–water partition coefficient (Wildman–Crippen LogP) is 2.67. The van der Waals surface area contributed by atoms with E-state index in [0.29, 0.717) is 24.7 Å². The molecule has 1 aliphatic carbocycles. The van der Waals surface area contributed by atoms with Crippen LogP contribution in [0.1, 0.15) is 43.0 Å². The topological polar surface area (TPSA) is 75.7 Å². The van der Waals surface area contributed by atoms with E-state index in [1.54, 1.807) is 6.07 Å². The smallest absolute Gasteiger partial charge is 0.251 e. The standard InChI is InChI=1S/C18H25ClN2O4S/c1-13-4-2-3-5-16(13)20-18(22)14-6-7-15(19)17(12-14)26(23,24)21-8-10-25-11-9-21/h6-7,12-13,16H,2-5,8-11H2,1H3,(H,20,22)/t13-,16-/m1/s1. The van der Waals surface area contributed by atoms with Gasteiger partial charge in [0.2, 0.25) is 10.0 Å². The lowest BCUT2D eigenvalue weighted by molar-refractivity contribution is 0.0730. The molecular formula is C18H25ClN2O4S. The van der Waals surface area contributed by atoms with Crippen molar-refractivity contribution in [3.8, 4) is 0 Å². The highest BCUT2D eigenvalue weighted by atomic mass is 35.5. The molecule has 1 N–H and O–H groups in total. The number of ether oxygens (including phenoxy) is 1. The number of sulfonamides is 1. The molecule has 1 saturated heterocycles. The number of carbonyl (C=O) groups is 1. The Kier molecular flexibility index (Phi) is 6.22. The number of rotatable bonds is 4. The Morgan fingerprint density at radius 3 is 2.62 bits per heavy atom. The fourth-order valence-electron chi connectivity index (χ4n) is 3.55. The van der Waals surface area contributed by atoms with E-state index in [0.717, 1.165) is 19.3 Å². The third kappa shape index (κ3) is 4.22. The molecule has 2 aliphatic rings. The second-order valence-electron chi connectivity index (χ2n) is 7.00. The number of nitrogens with one attached hydrogen (secondary N) is 1. The van der Waals surface area contributed by atoms with E-state index in [1.807, 2.05) is 0 Å². The van der Waals surface area contributed by atoms with Gasteiger partial charge in [-0.25, -0.2) is 8.42 Å². The molecule has 1 aromatic rings. The zero-order valence-corrected chi connectivity index (χ0v) is 16.5. The van der Waals surface area contributed by atoms with Gasteiger partial charge in [-0.2, -0.15) is 4.31 Å². The van der Waals surface area contributed by atoms with Crippen LogP contribution in [0, 0.1) is 5.92 Å². The van der Waals surface area contributed by atoms with Gasteiger partial charge in [0.05, 0.1) is 18.2 Å². The van der Waals surface area contributed by atoms with Crippen molar-refractivity contribution in [3.05, 3.63) is 28.8 Å². The average Bonchev–Trinajstić information content (AvgIpc) is 2.64. The number of hydrogen-bond acceptors (Lipinski definition) is 4. The molecule has 1 amide bonds. The van der Waals surface area contributed by atoms with Crippen molar-refractivity contribution in [2.24, 2.45) is 5.92 Å². The third-order valence-corrected chi connectivity index (χ3v) is 7.59. The van der Waals surface area contributed by atoms with E-state index in [-0.39, 0.29) is 35.0 Å². The van der Waals surface area contributed by atoms with Crippen LogP contribution in [0.5, 0.6) is 0 Å². The van der Waals surface area contributed by atoms with Crippen LogP contribution in [-0.4, -0.2) is 51.0 Å². The van der Waals surface area contributed by atoms with Crippen molar-refractivity contribution in [1.29, 1.82) is 0 Å². The summed E-state index contributed by atoms with van der Waals surface area (Å²) in [5.41, 5.74) is 0.319.